The van der Waals surface area contributed by atoms with Gasteiger partial charge in [-0.05, 0) is 49.3 Å². The number of hydrogen-bond acceptors (Lipinski definition) is 8. The van der Waals surface area contributed by atoms with E-state index in [1.807, 2.05) is 0 Å². The van der Waals surface area contributed by atoms with Crippen LogP contribution in [0.5, 0.6) is 5.88 Å². The van der Waals surface area contributed by atoms with Gasteiger partial charge in [0.05, 0.1) is 24.2 Å². The highest BCUT2D eigenvalue weighted by atomic mass is 79.9. The zero-order chi connectivity index (χ0) is 27.1. The fraction of sp³-hybridized carbons (Fsp3) is 0.455. The predicted molar refractivity (Wildman–Crippen MR) is 133 cm³/mol. The maximum atomic E-state index is 14.0. The third kappa shape index (κ3) is 8.87. The van der Waals surface area contributed by atoms with Gasteiger partial charge in [0.25, 0.3) is 5.91 Å². The van der Waals surface area contributed by atoms with Crippen LogP contribution in [0.15, 0.2) is 16.6 Å². The number of urea groups is 1. The van der Waals surface area contributed by atoms with E-state index in [2.05, 4.69) is 36.3 Å². The van der Waals surface area contributed by atoms with E-state index < -0.39 is 42.4 Å². The number of carbonyl (C=O) groups is 3. The SMILES string of the molecule is NC(=O)c1c(OCc2c(F)cc(Br)cc2F)nsc1NC(=O)NCC[C@@H](O)C[C@@H](O)CC(=O)NC1CC1. The van der Waals surface area contributed by atoms with Crippen LogP contribution in [0.3, 0.4) is 0 Å². The molecule has 2 aromatic rings. The van der Waals surface area contributed by atoms with Gasteiger partial charge in [-0.25, -0.2) is 13.6 Å². The van der Waals surface area contributed by atoms with E-state index in [1.165, 1.54) is 0 Å². The van der Waals surface area contributed by atoms with Crippen molar-refractivity contribution in [3.63, 3.8) is 0 Å². The Bertz CT molecular complexity index is 1130. The summed E-state index contributed by atoms with van der Waals surface area (Å²) in [4.78, 5) is 35.8. The van der Waals surface area contributed by atoms with Gasteiger partial charge >= 0.3 is 6.03 Å². The maximum Gasteiger partial charge on any atom is 0.319 e. The molecule has 0 bridgehead atoms. The molecule has 202 valence electrons. The standard InChI is InChI=1S/C22H26BrF2N5O6S/c23-10-5-15(24)14(16(25)6-10)9-36-20-18(19(26)34)21(37-30-20)29-22(35)27-4-3-12(31)7-13(32)8-17(33)28-11-1-2-11/h5-6,11-13,31-32H,1-4,7-9H2,(H2,26,34)(H,28,33)(H2,27,29,35)/t12-,13-/m1/s1. The van der Waals surface area contributed by atoms with E-state index in [1.54, 1.807) is 0 Å². The molecule has 2 atom stereocenters. The summed E-state index contributed by atoms with van der Waals surface area (Å²) in [7, 11) is 0. The topological polar surface area (TPSA) is 176 Å². The van der Waals surface area contributed by atoms with Gasteiger partial charge in [0.15, 0.2) is 0 Å². The number of nitrogens with one attached hydrogen (secondary N) is 3. The minimum Gasteiger partial charge on any atom is -0.471 e. The van der Waals surface area contributed by atoms with E-state index in [-0.39, 0.29) is 64.2 Å². The molecule has 0 spiro atoms. The number of hydrogen-bond donors (Lipinski definition) is 6. The van der Waals surface area contributed by atoms with Gasteiger partial charge in [0.2, 0.25) is 11.8 Å². The number of carbonyl (C=O) groups excluding carboxylic acids is 3. The third-order valence-electron chi connectivity index (χ3n) is 5.26. The van der Waals surface area contributed by atoms with Crippen LogP contribution in [0, 0.1) is 11.6 Å². The molecule has 0 aliphatic heterocycles. The van der Waals surface area contributed by atoms with Crippen LogP contribution in [-0.4, -0.2) is 57.2 Å². The van der Waals surface area contributed by atoms with Gasteiger partial charge in [0, 0.05) is 17.1 Å². The summed E-state index contributed by atoms with van der Waals surface area (Å²) in [6.45, 7) is -0.559. The van der Waals surface area contributed by atoms with Gasteiger partial charge in [-0.2, -0.15) is 4.37 Å². The maximum absolute atomic E-state index is 14.0. The Hall–Kier alpha value is -2.88. The molecule has 1 saturated carbocycles. The van der Waals surface area contributed by atoms with E-state index in [0.717, 1.165) is 25.0 Å². The molecule has 1 aromatic carbocycles. The lowest BCUT2D eigenvalue weighted by Gasteiger charge is -2.16. The van der Waals surface area contributed by atoms with Crippen LogP contribution >= 0.6 is 27.5 Å². The second-order valence-electron chi connectivity index (χ2n) is 8.45. The van der Waals surface area contributed by atoms with Crippen LogP contribution in [0.25, 0.3) is 0 Å². The molecule has 0 unspecified atom stereocenters. The predicted octanol–water partition coefficient (Wildman–Crippen LogP) is 2.15. The number of nitrogens with zero attached hydrogens (tertiary/aromatic N) is 1. The normalized spacial score (nSPS) is 14.5. The van der Waals surface area contributed by atoms with Crippen LogP contribution in [0.1, 0.15) is 48.0 Å². The lowest BCUT2D eigenvalue weighted by Crippen LogP contribution is -2.33. The summed E-state index contributed by atoms with van der Waals surface area (Å²) >= 11 is 3.65. The molecular formula is C22H26BrF2N5O6S. The largest absolute Gasteiger partial charge is 0.471 e. The van der Waals surface area contributed by atoms with Crippen molar-refractivity contribution < 1.29 is 38.1 Å². The van der Waals surface area contributed by atoms with E-state index in [0.29, 0.717) is 11.5 Å². The van der Waals surface area contributed by atoms with Gasteiger partial charge in [-0.15, -0.1) is 0 Å². The highest BCUT2D eigenvalue weighted by Gasteiger charge is 2.25. The Balaban J connectivity index is 1.46. The molecule has 0 saturated heterocycles. The van der Waals surface area contributed by atoms with Crippen molar-refractivity contribution in [1.82, 2.24) is 15.0 Å². The molecule has 3 rings (SSSR count). The number of primary amides is 1. The second kappa shape index (κ2) is 13.1. The monoisotopic (exact) mass is 605 g/mol. The Labute approximate surface area is 223 Å². The molecule has 4 amide bonds. The summed E-state index contributed by atoms with van der Waals surface area (Å²) in [5.74, 6) is -3.28. The smallest absolute Gasteiger partial charge is 0.319 e. The number of halogens is 3. The van der Waals surface area contributed by atoms with Crippen LogP contribution in [-0.2, 0) is 11.4 Å². The third-order valence-corrected chi connectivity index (χ3v) is 6.47. The number of aromatic nitrogens is 1. The Morgan fingerprint density at radius 2 is 1.89 bits per heavy atom. The van der Waals surface area contributed by atoms with Crippen molar-refractivity contribution >= 4 is 50.3 Å². The van der Waals surface area contributed by atoms with Gasteiger partial charge < -0.3 is 31.3 Å². The van der Waals surface area contributed by atoms with Crippen LogP contribution in [0.2, 0.25) is 0 Å². The first kappa shape index (κ1) is 28.7. The lowest BCUT2D eigenvalue weighted by atomic mass is 10.1. The number of rotatable bonds is 13. The number of aliphatic hydroxyl groups is 2. The molecule has 1 aliphatic carbocycles. The quantitative estimate of drug-likeness (QED) is 0.203. The van der Waals surface area contributed by atoms with Gasteiger partial charge in [0.1, 0.15) is 28.8 Å². The first-order valence-electron chi connectivity index (χ1n) is 11.3. The molecule has 1 aromatic heterocycles. The van der Waals surface area contributed by atoms with Gasteiger partial charge in [-0.1, -0.05) is 15.9 Å². The summed E-state index contributed by atoms with van der Waals surface area (Å²) in [5, 5.41) is 27.6. The highest BCUT2D eigenvalue weighted by Crippen LogP contribution is 2.31. The zero-order valence-corrected chi connectivity index (χ0v) is 21.8. The fourth-order valence-corrected chi connectivity index (χ4v) is 4.41. The zero-order valence-electron chi connectivity index (χ0n) is 19.4. The molecule has 15 heteroatoms. The summed E-state index contributed by atoms with van der Waals surface area (Å²) in [6.07, 6.45) is -0.180. The van der Waals surface area contributed by atoms with Crippen molar-refractivity contribution in [3.05, 3.63) is 39.4 Å². The molecule has 37 heavy (non-hydrogen) atoms. The molecular weight excluding hydrogens is 580 g/mol. The van der Waals surface area contributed by atoms with E-state index in [9.17, 15) is 33.4 Å². The first-order chi connectivity index (χ1) is 17.5. The number of benzene rings is 1. The second-order valence-corrected chi connectivity index (χ2v) is 10.1. The first-order valence-corrected chi connectivity index (χ1v) is 12.9. The number of amides is 4. The number of nitrogens with two attached hydrogens (primary N) is 1. The fourth-order valence-electron chi connectivity index (χ4n) is 3.27. The molecule has 1 fully saturated rings. The molecule has 11 nitrogen and oxygen atoms in total. The summed E-state index contributed by atoms with van der Waals surface area (Å²) < 4.78 is 37.4. The van der Waals surface area contributed by atoms with Crippen LogP contribution < -0.4 is 26.4 Å². The molecule has 0 radical (unpaired) electrons. The summed E-state index contributed by atoms with van der Waals surface area (Å²) in [5.41, 5.74) is 4.72. The van der Waals surface area contributed by atoms with Crippen molar-refractivity contribution in [3.8, 4) is 5.88 Å². The van der Waals surface area contributed by atoms with E-state index in [4.69, 9.17) is 10.5 Å². The number of anilines is 1. The minimum absolute atomic E-state index is 0.0180. The van der Waals surface area contributed by atoms with Gasteiger partial charge in [-0.3, -0.25) is 14.9 Å². The minimum atomic E-state index is -1.02. The van der Waals surface area contributed by atoms with Crippen molar-refractivity contribution in [2.75, 3.05) is 11.9 Å². The average molecular weight is 606 g/mol. The Kier molecular flexibility index (Phi) is 10.1. The lowest BCUT2D eigenvalue weighted by molar-refractivity contribution is -0.123. The van der Waals surface area contributed by atoms with Crippen LogP contribution in [0.4, 0.5) is 18.6 Å². The number of ether oxygens (including phenoxy) is 1. The van der Waals surface area contributed by atoms with Crippen molar-refractivity contribution in [1.29, 1.82) is 0 Å². The molecule has 7 N–H and O–H groups in total. The van der Waals surface area contributed by atoms with E-state index >= 15 is 0 Å². The highest BCUT2D eigenvalue weighted by molar-refractivity contribution is 9.10. The Morgan fingerprint density at radius 1 is 1.22 bits per heavy atom. The Morgan fingerprint density at radius 3 is 2.51 bits per heavy atom. The number of aliphatic hydroxyl groups excluding tert-OH is 2. The van der Waals surface area contributed by atoms with Crippen molar-refractivity contribution in [2.45, 2.75) is 57.0 Å². The molecule has 1 heterocycles. The van der Waals surface area contributed by atoms with Crippen molar-refractivity contribution in [2.24, 2.45) is 5.73 Å². The average Bonchev–Trinajstić information content (AvgIpc) is 3.50. The molecule has 1 aliphatic rings. The summed E-state index contributed by atoms with van der Waals surface area (Å²) in [6, 6.07) is 1.55.